The SMILES string of the molecule is O=C(OCc1ccc([N+](=O)[O-])cc1)N1CCN=C1CCCCCCCCCCCCC1=NCCN1C(=O)OCc1ccc([N+](=O)[O-])cc1. The number of aliphatic imine (C=N–C) groups is 2. The molecule has 14 nitrogen and oxygen atoms in total. The molecule has 2 amide bonds. The lowest BCUT2D eigenvalue weighted by molar-refractivity contribution is -0.385. The topological polar surface area (TPSA) is 170 Å². The number of amidine groups is 2. The van der Waals surface area contributed by atoms with Crippen LogP contribution in [0.1, 0.15) is 88.2 Å². The van der Waals surface area contributed by atoms with E-state index in [1.165, 1.54) is 49.9 Å². The Morgan fingerprint density at radius 1 is 0.583 bits per heavy atom. The number of hydrogen-bond donors (Lipinski definition) is 0. The van der Waals surface area contributed by atoms with Crippen LogP contribution < -0.4 is 0 Å². The summed E-state index contributed by atoms with van der Waals surface area (Å²) in [5, 5.41) is 21.6. The summed E-state index contributed by atoms with van der Waals surface area (Å²) in [5.41, 5.74) is 1.38. The van der Waals surface area contributed by atoms with Gasteiger partial charge in [0.2, 0.25) is 0 Å². The highest BCUT2D eigenvalue weighted by atomic mass is 16.6. The van der Waals surface area contributed by atoms with Crippen LogP contribution in [0, 0.1) is 20.2 Å². The molecule has 258 valence electrons. The fraction of sp³-hybridized carbons (Fsp3) is 0.529. The summed E-state index contributed by atoms with van der Waals surface area (Å²) in [4.78, 5) is 58.0. The van der Waals surface area contributed by atoms with Gasteiger partial charge in [0, 0.05) is 37.1 Å². The summed E-state index contributed by atoms with van der Waals surface area (Å²) < 4.78 is 10.8. The number of unbranched alkanes of at least 4 members (excludes halogenated alkanes) is 9. The lowest BCUT2D eigenvalue weighted by atomic mass is 10.0. The molecule has 0 aliphatic carbocycles. The Balaban J connectivity index is 0.980. The Labute approximate surface area is 280 Å². The zero-order chi connectivity index (χ0) is 34.1. The second-order valence-corrected chi connectivity index (χ2v) is 11.9. The van der Waals surface area contributed by atoms with Crippen molar-refractivity contribution in [3.05, 3.63) is 79.9 Å². The molecule has 2 aromatic carbocycles. The molecule has 0 saturated carbocycles. The van der Waals surface area contributed by atoms with Crippen molar-refractivity contribution in [3.8, 4) is 0 Å². The van der Waals surface area contributed by atoms with Crippen molar-refractivity contribution in [2.45, 2.75) is 90.3 Å². The lowest BCUT2D eigenvalue weighted by Crippen LogP contribution is -2.34. The molecule has 0 unspecified atom stereocenters. The molecule has 48 heavy (non-hydrogen) atoms. The highest BCUT2D eigenvalue weighted by Crippen LogP contribution is 2.18. The molecule has 0 N–H and O–H groups in total. The van der Waals surface area contributed by atoms with E-state index in [2.05, 4.69) is 9.98 Å². The van der Waals surface area contributed by atoms with E-state index in [4.69, 9.17) is 9.47 Å². The van der Waals surface area contributed by atoms with Gasteiger partial charge >= 0.3 is 12.2 Å². The molecule has 14 heteroatoms. The van der Waals surface area contributed by atoms with E-state index < -0.39 is 22.0 Å². The van der Waals surface area contributed by atoms with Gasteiger partial charge in [-0.15, -0.1) is 0 Å². The summed E-state index contributed by atoms with van der Waals surface area (Å²) in [7, 11) is 0. The van der Waals surface area contributed by atoms with Crippen LogP contribution in [0.4, 0.5) is 21.0 Å². The van der Waals surface area contributed by atoms with Crippen LogP contribution >= 0.6 is 0 Å². The molecular weight excluding hydrogens is 620 g/mol. The zero-order valence-electron chi connectivity index (χ0n) is 27.3. The van der Waals surface area contributed by atoms with Crippen molar-refractivity contribution in [1.82, 2.24) is 9.80 Å². The van der Waals surface area contributed by atoms with Crippen LogP contribution in [-0.2, 0) is 22.7 Å². The average Bonchev–Trinajstić information content (AvgIpc) is 3.77. The van der Waals surface area contributed by atoms with Gasteiger partial charge in [-0.2, -0.15) is 0 Å². The fourth-order valence-corrected chi connectivity index (χ4v) is 5.66. The smallest absolute Gasteiger partial charge is 0.415 e. The Hall–Kier alpha value is -4.88. The molecule has 0 atom stereocenters. The maximum absolute atomic E-state index is 12.6. The monoisotopic (exact) mass is 664 g/mol. The third kappa shape index (κ3) is 11.4. The van der Waals surface area contributed by atoms with Crippen molar-refractivity contribution >= 4 is 35.2 Å². The van der Waals surface area contributed by atoms with Crippen molar-refractivity contribution in [1.29, 1.82) is 0 Å². The fourth-order valence-electron chi connectivity index (χ4n) is 5.66. The van der Waals surface area contributed by atoms with Gasteiger partial charge in [-0.3, -0.25) is 40.0 Å². The third-order valence-corrected chi connectivity index (χ3v) is 8.37. The number of amides is 2. The van der Waals surface area contributed by atoms with Gasteiger partial charge in [-0.1, -0.05) is 51.4 Å². The van der Waals surface area contributed by atoms with Crippen LogP contribution in [0.3, 0.4) is 0 Å². The summed E-state index contributed by atoms with van der Waals surface area (Å²) >= 11 is 0. The van der Waals surface area contributed by atoms with E-state index >= 15 is 0 Å². The first-order valence-corrected chi connectivity index (χ1v) is 16.7. The molecular formula is C34H44N6O8. The number of carbonyl (C=O) groups excluding carboxylic acids is 2. The standard InChI is InChI=1S/C34H44N6O8/c41-33(47-25-27-13-17-29(18-14-27)39(43)44)37-23-21-35-31(37)11-9-7-5-3-1-2-4-6-8-10-12-32-36-22-24-38(32)34(42)48-26-28-15-19-30(20-16-28)40(45)46/h13-20H,1-12,21-26H2. The Bertz CT molecular complexity index is 1340. The molecule has 0 spiro atoms. The second kappa shape index (κ2) is 19.1. The van der Waals surface area contributed by atoms with Crippen molar-refractivity contribution < 1.29 is 28.9 Å². The van der Waals surface area contributed by atoms with Gasteiger partial charge < -0.3 is 9.47 Å². The molecule has 2 aliphatic heterocycles. The second-order valence-electron chi connectivity index (χ2n) is 11.9. The van der Waals surface area contributed by atoms with Crippen LogP contribution in [0.25, 0.3) is 0 Å². The van der Waals surface area contributed by atoms with E-state index in [1.807, 2.05) is 0 Å². The van der Waals surface area contributed by atoms with Crippen molar-refractivity contribution in [3.63, 3.8) is 0 Å². The minimum absolute atomic E-state index is 0.00142. The van der Waals surface area contributed by atoms with E-state index in [0.29, 0.717) is 37.3 Å². The van der Waals surface area contributed by atoms with Crippen molar-refractivity contribution in [2.75, 3.05) is 26.2 Å². The molecule has 0 radical (unpaired) electrons. The largest absolute Gasteiger partial charge is 0.444 e. The van der Waals surface area contributed by atoms with E-state index in [1.54, 1.807) is 34.1 Å². The first-order valence-electron chi connectivity index (χ1n) is 16.7. The van der Waals surface area contributed by atoms with Crippen LogP contribution in [0.2, 0.25) is 0 Å². The summed E-state index contributed by atoms with van der Waals surface area (Å²) in [6.45, 7) is 2.29. The van der Waals surface area contributed by atoms with Gasteiger partial charge in [-0.05, 0) is 48.2 Å². The highest BCUT2D eigenvalue weighted by molar-refractivity contribution is 5.97. The van der Waals surface area contributed by atoms with Crippen LogP contribution in [0.15, 0.2) is 58.5 Å². The van der Waals surface area contributed by atoms with Gasteiger partial charge in [0.05, 0.1) is 36.0 Å². The first kappa shape index (κ1) is 36.0. The summed E-state index contributed by atoms with van der Waals surface area (Å²) in [5.74, 6) is 1.55. The molecule has 2 heterocycles. The predicted octanol–water partition coefficient (Wildman–Crippen LogP) is 7.59. The van der Waals surface area contributed by atoms with Gasteiger partial charge in [0.1, 0.15) is 24.9 Å². The number of nitrogens with zero attached hydrogens (tertiary/aromatic N) is 6. The number of ether oxygens (including phenoxy) is 2. The molecule has 0 fully saturated rings. The number of hydrogen-bond acceptors (Lipinski definition) is 10. The number of carbonyl (C=O) groups is 2. The van der Waals surface area contributed by atoms with Gasteiger partial charge in [-0.25, -0.2) is 9.59 Å². The maximum Gasteiger partial charge on any atom is 0.415 e. The maximum atomic E-state index is 12.6. The highest BCUT2D eigenvalue weighted by Gasteiger charge is 2.25. The number of nitro groups is 2. The molecule has 0 aromatic heterocycles. The minimum atomic E-state index is -0.463. The van der Waals surface area contributed by atoms with Crippen molar-refractivity contribution in [2.24, 2.45) is 9.98 Å². The molecule has 2 aromatic rings. The van der Waals surface area contributed by atoms with Crippen LogP contribution in [-0.4, -0.2) is 69.7 Å². The van der Waals surface area contributed by atoms with E-state index in [0.717, 1.165) is 63.0 Å². The van der Waals surface area contributed by atoms with Gasteiger partial charge in [0.15, 0.2) is 0 Å². The Morgan fingerprint density at radius 3 is 1.25 bits per heavy atom. The lowest BCUT2D eigenvalue weighted by Gasteiger charge is -2.18. The number of nitro benzene ring substituents is 2. The normalized spacial score (nSPS) is 14.1. The molecule has 0 bridgehead atoms. The molecule has 2 aliphatic rings. The molecule has 4 rings (SSSR count). The van der Waals surface area contributed by atoms with E-state index in [-0.39, 0.29) is 24.6 Å². The van der Waals surface area contributed by atoms with Crippen LogP contribution in [0.5, 0.6) is 0 Å². The average molecular weight is 665 g/mol. The Morgan fingerprint density at radius 2 is 0.917 bits per heavy atom. The quantitative estimate of drug-likeness (QED) is 0.0840. The summed E-state index contributed by atoms with van der Waals surface area (Å²) in [6, 6.07) is 11.9. The first-order chi connectivity index (χ1) is 23.3. The van der Waals surface area contributed by atoms with Gasteiger partial charge in [0.25, 0.3) is 11.4 Å². The zero-order valence-corrected chi connectivity index (χ0v) is 27.3. The van der Waals surface area contributed by atoms with E-state index in [9.17, 15) is 29.8 Å². The minimum Gasteiger partial charge on any atom is -0.444 e. The number of benzene rings is 2. The number of non-ortho nitro benzene ring substituents is 2. The third-order valence-electron chi connectivity index (χ3n) is 8.37. The Kier molecular flexibility index (Phi) is 14.3. The molecule has 0 saturated heterocycles. The predicted molar refractivity (Wildman–Crippen MR) is 180 cm³/mol. The summed E-state index contributed by atoms with van der Waals surface area (Å²) in [6.07, 6.45) is 11.8. The number of rotatable bonds is 19.